The number of hydrogen-bond acceptors (Lipinski definition) is 6. The highest BCUT2D eigenvalue weighted by molar-refractivity contribution is 7.99. The summed E-state index contributed by atoms with van der Waals surface area (Å²) >= 11 is 7.49. The number of aromatic nitrogens is 3. The van der Waals surface area contributed by atoms with Crippen LogP contribution in [0.25, 0.3) is 5.69 Å². The molecule has 8 nitrogen and oxygen atoms in total. The molecular weight excluding hydrogens is 553 g/mol. The fourth-order valence-corrected chi connectivity index (χ4v) is 6.53. The van der Waals surface area contributed by atoms with Gasteiger partial charge in [-0.1, -0.05) is 17.8 Å². The summed E-state index contributed by atoms with van der Waals surface area (Å²) < 4.78 is 2.22. The molecule has 3 aromatic heterocycles. The molecule has 1 aliphatic heterocycles. The molecule has 41 heavy (non-hydrogen) atoms. The summed E-state index contributed by atoms with van der Waals surface area (Å²) in [7, 11) is 0. The summed E-state index contributed by atoms with van der Waals surface area (Å²) in [5.41, 5.74) is 6.34. The van der Waals surface area contributed by atoms with Gasteiger partial charge in [-0.05, 0) is 98.4 Å². The van der Waals surface area contributed by atoms with Crippen LogP contribution < -0.4 is 10.2 Å². The molecule has 1 saturated heterocycles. The molecule has 0 radical (unpaired) electrons. The van der Waals surface area contributed by atoms with Gasteiger partial charge < -0.3 is 14.8 Å². The SMILES string of the molecule is Cc1cc([C@H]2[C@H](c3ccccn3)NC(=S)N2c2ccc(Sc3ccc([N+](=O)[O-])cc3)cc2)c(C)n1-c1cccnc1. The quantitative estimate of drug-likeness (QED) is 0.124. The molecule has 0 amide bonds. The molecule has 6 rings (SSSR count). The first kappa shape index (κ1) is 26.7. The molecule has 0 spiro atoms. The van der Waals surface area contributed by atoms with Gasteiger partial charge in [-0.15, -0.1) is 0 Å². The van der Waals surface area contributed by atoms with Crippen molar-refractivity contribution in [2.75, 3.05) is 4.90 Å². The summed E-state index contributed by atoms with van der Waals surface area (Å²) in [6, 6.07) is 26.7. The summed E-state index contributed by atoms with van der Waals surface area (Å²) in [5, 5.41) is 15.2. The average Bonchev–Trinajstić information content (AvgIpc) is 3.49. The average molecular weight is 579 g/mol. The van der Waals surface area contributed by atoms with Gasteiger partial charge in [-0.25, -0.2) is 0 Å². The normalized spacial score (nSPS) is 16.5. The number of pyridine rings is 2. The fraction of sp³-hybridized carbons (Fsp3) is 0.129. The predicted octanol–water partition coefficient (Wildman–Crippen LogP) is 7.12. The van der Waals surface area contributed by atoms with E-state index in [1.807, 2.05) is 48.8 Å². The second-order valence-electron chi connectivity index (χ2n) is 9.72. The van der Waals surface area contributed by atoms with Crippen LogP contribution in [0.2, 0.25) is 0 Å². The van der Waals surface area contributed by atoms with E-state index in [1.165, 1.54) is 12.1 Å². The summed E-state index contributed by atoms with van der Waals surface area (Å²) in [6.45, 7) is 4.24. The zero-order valence-corrected chi connectivity index (χ0v) is 24.0. The van der Waals surface area contributed by atoms with Crippen LogP contribution >= 0.6 is 24.0 Å². The Morgan fingerprint density at radius 3 is 2.29 bits per heavy atom. The molecule has 1 fully saturated rings. The van der Waals surface area contributed by atoms with E-state index >= 15 is 0 Å². The van der Waals surface area contributed by atoms with Crippen LogP contribution in [0.15, 0.2) is 113 Å². The first-order valence-corrected chi connectivity index (χ1v) is 14.3. The van der Waals surface area contributed by atoms with Crippen molar-refractivity contribution in [3.63, 3.8) is 0 Å². The number of thiocarbonyl (C=S) groups is 1. The number of non-ortho nitro benzene ring substituents is 1. The van der Waals surface area contributed by atoms with E-state index in [2.05, 4.69) is 62.9 Å². The highest BCUT2D eigenvalue weighted by Crippen LogP contribution is 2.44. The number of nitro groups is 1. The third-order valence-electron chi connectivity index (χ3n) is 7.19. The summed E-state index contributed by atoms with van der Waals surface area (Å²) in [5.74, 6) is 0. The molecule has 5 aromatic rings. The monoisotopic (exact) mass is 578 g/mol. The number of nitrogens with zero attached hydrogens (tertiary/aromatic N) is 5. The highest BCUT2D eigenvalue weighted by Gasteiger charge is 2.42. The Morgan fingerprint density at radius 1 is 0.927 bits per heavy atom. The van der Waals surface area contributed by atoms with Crippen LogP contribution in [0.3, 0.4) is 0 Å². The molecule has 10 heteroatoms. The van der Waals surface area contributed by atoms with Crippen LogP contribution in [0, 0.1) is 24.0 Å². The van der Waals surface area contributed by atoms with E-state index in [0.717, 1.165) is 43.8 Å². The zero-order valence-electron chi connectivity index (χ0n) is 22.3. The number of nitrogens with one attached hydrogen (secondary N) is 1. The lowest BCUT2D eigenvalue weighted by Crippen LogP contribution is -2.29. The van der Waals surface area contributed by atoms with Gasteiger partial charge in [-0.2, -0.15) is 0 Å². The second-order valence-corrected chi connectivity index (χ2v) is 11.3. The van der Waals surface area contributed by atoms with E-state index in [4.69, 9.17) is 12.2 Å². The number of nitro benzene ring substituents is 1. The van der Waals surface area contributed by atoms with E-state index in [-0.39, 0.29) is 22.7 Å². The number of anilines is 1. The Bertz CT molecular complexity index is 1710. The Labute approximate surface area is 247 Å². The summed E-state index contributed by atoms with van der Waals surface area (Å²) in [4.78, 5) is 23.7. The lowest BCUT2D eigenvalue weighted by molar-refractivity contribution is -0.384. The smallest absolute Gasteiger partial charge is 0.269 e. The second kappa shape index (κ2) is 11.1. The molecule has 2 aromatic carbocycles. The molecular formula is C31H26N6O2S2. The maximum Gasteiger partial charge on any atom is 0.269 e. The van der Waals surface area contributed by atoms with E-state index in [1.54, 1.807) is 30.1 Å². The zero-order chi connectivity index (χ0) is 28.5. The number of aryl methyl sites for hydroxylation is 1. The molecule has 1 N–H and O–H groups in total. The number of rotatable bonds is 7. The van der Waals surface area contributed by atoms with Crippen LogP contribution in [0.5, 0.6) is 0 Å². The van der Waals surface area contributed by atoms with Gasteiger partial charge in [0, 0.05) is 51.4 Å². The van der Waals surface area contributed by atoms with Gasteiger partial charge in [0.2, 0.25) is 0 Å². The minimum absolute atomic E-state index is 0.0798. The highest BCUT2D eigenvalue weighted by atomic mass is 32.2. The fourth-order valence-electron chi connectivity index (χ4n) is 5.37. The molecule has 2 atom stereocenters. The molecule has 4 heterocycles. The minimum atomic E-state index is -0.390. The predicted molar refractivity (Wildman–Crippen MR) is 165 cm³/mol. The van der Waals surface area contributed by atoms with Crippen LogP contribution in [0.1, 0.15) is 34.7 Å². The van der Waals surface area contributed by atoms with Crippen LogP contribution in [0.4, 0.5) is 11.4 Å². The molecule has 0 bridgehead atoms. The third kappa shape index (κ3) is 5.19. The largest absolute Gasteiger partial charge is 0.351 e. The van der Waals surface area contributed by atoms with Gasteiger partial charge in [0.1, 0.15) is 0 Å². The van der Waals surface area contributed by atoms with Crippen molar-refractivity contribution in [1.82, 2.24) is 19.9 Å². The van der Waals surface area contributed by atoms with E-state index in [9.17, 15) is 10.1 Å². The van der Waals surface area contributed by atoms with Crippen molar-refractivity contribution in [3.8, 4) is 5.69 Å². The molecule has 204 valence electrons. The lowest BCUT2D eigenvalue weighted by Gasteiger charge is -2.28. The van der Waals surface area contributed by atoms with E-state index in [0.29, 0.717) is 5.11 Å². The van der Waals surface area contributed by atoms with Gasteiger partial charge in [0.25, 0.3) is 5.69 Å². The van der Waals surface area contributed by atoms with Crippen LogP contribution in [-0.2, 0) is 0 Å². The topological polar surface area (TPSA) is 89.1 Å². The van der Waals surface area contributed by atoms with Crippen LogP contribution in [-0.4, -0.2) is 24.6 Å². The maximum absolute atomic E-state index is 11.0. The first-order chi connectivity index (χ1) is 19.9. The number of hydrogen-bond donors (Lipinski definition) is 1. The minimum Gasteiger partial charge on any atom is -0.351 e. The Morgan fingerprint density at radius 2 is 1.66 bits per heavy atom. The van der Waals surface area contributed by atoms with Gasteiger partial charge >= 0.3 is 0 Å². The Hall–Kier alpha value is -4.54. The third-order valence-corrected chi connectivity index (χ3v) is 8.52. The van der Waals surface area contributed by atoms with E-state index < -0.39 is 0 Å². The maximum atomic E-state index is 11.0. The van der Waals surface area contributed by atoms with Gasteiger partial charge in [0.05, 0.1) is 34.6 Å². The van der Waals surface area contributed by atoms with Crippen molar-refractivity contribution in [3.05, 3.63) is 136 Å². The van der Waals surface area contributed by atoms with Crippen molar-refractivity contribution >= 4 is 40.5 Å². The molecule has 0 unspecified atom stereocenters. The van der Waals surface area contributed by atoms with Gasteiger partial charge in [-0.3, -0.25) is 20.1 Å². The summed E-state index contributed by atoms with van der Waals surface area (Å²) in [6.07, 6.45) is 5.46. The molecule has 0 saturated carbocycles. The molecule has 0 aliphatic carbocycles. The standard InChI is InChI=1S/C31H26N6O2S2/c1-20-18-27(21(2)35(20)24-6-5-16-32-19-24)30-29(28-7-3-4-17-33-28)34-31(40)36(30)22-8-12-25(13-9-22)41-26-14-10-23(11-15-26)37(38)39/h3-19,29-30H,1-2H3,(H,34,40)/t29-,30-/m0/s1. The molecule has 1 aliphatic rings. The Balaban J connectivity index is 1.37. The van der Waals surface area contributed by atoms with Crippen molar-refractivity contribution in [2.45, 2.75) is 35.7 Å². The number of benzene rings is 2. The van der Waals surface area contributed by atoms with Gasteiger partial charge in [0.15, 0.2) is 5.11 Å². The Kier molecular flexibility index (Phi) is 7.25. The lowest BCUT2D eigenvalue weighted by atomic mass is 9.96. The first-order valence-electron chi connectivity index (χ1n) is 13.0. The van der Waals surface area contributed by atoms with Crippen molar-refractivity contribution in [1.29, 1.82) is 0 Å². The van der Waals surface area contributed by atoms with Crippen molar-refractivity contribution in [2.24, 2.45) is 0 Å². The van der Waals surface area contributed by atoms with Crippen molar-refractivity contribution < 1.29 is 4.92 Å².